The summed E-state index contributed by atoms with van der Waals surface area (Å²) in [7, 11) is 0. The molecule has 0 amide bonds. The van der Waals surface area contributed by atoms with E-state index in [0.717, 1.165) is 24.1 Å². The SMILES string of the molecule is NCCc1ccc2[nH]c(CCN=C(N)N)cc2c1. The number of rotatable bonds is 5. The highest BCUT2D eigenvalue weighted by molar-refractivity contribution is 5.81. The fourth-order valence-electron chi connectivity index (χ4n) is 2.00. The zero-order valence-electron chi connectivity index (χ0n) is 10.3. The predicted molar refractivity (Wildman–Crippen MR) is 75.4 cm³/mol. The van der Waals surface area contributed by atoms with Gasteiger partial charge in [-0.05, 0) is 42.1 Å². The zero-order chi connectivity index (χ0) is 13.0. The van der Waals surface area contributed by atoms with E-state index in [4.69, 9.17) is 17.2 Å². The molecular formula is C13H19N5. The van der Waals surface area contributed by atoms with E-state index < -0.39 is 0 Å². The molecule has 5 heteroatoms. The van der Waals surface area contributed by atoms with Gasteiger partial charge in [-0.15, -0.1) is 0 Å². The average Bonchev–Trinajstić information content (AvgIpc) is 2.71. The number of hydrogen-bond acceptors (Lipinski definition) is 2. The molecule has 1 aromatic heterocycles. The Balaban J connectivity index is 2.14. The van der Waals surface area contributed by atoms with Crippen LogP contribution in [0.1, 0.15) is 11.3 Å². The van der Waals surface area contributed by atoms with E-state index in [1.54, 1.807) is 0 Å². The molecule has 0 spiro atoms. The molecule has 0 atom stereocenters. The van der Waals surface area contributed by atoms with Crippen LogP contribution in [-0.4, -0.2) is 24.0 Å². The molecule has 1 aromatic carbocycles. The number of guanidine groups is 1. The maximum atomic E-state index is 5.56. The van der Waals surface area contributed by atoms with Gasteiger partial charge in [0, 0.05) is 24.2 Å². The Bertz CT molecular complexity index is 552. The summed E-state index contributed by atoms with van der Waals surface area (Å²) in [5.74, 6) is 0.136. The van der Waals surface area contributed by atoms with Crippen molar-refractivity contribution in [3.63, 3.8) is 0 Å². The second-order valence-corrected chi connectivity index (χ2v) is 4.31. The van der Waals surface area contributed by atoms with Crippen molar-refractivity contribution in [2.24, 2.45) is 22.2 Å². The summed E-state index contributed by atoms with van der Waals surface area (Å²) < 4.78 is 0. The van der Waals surface area contributed by atoms with Gasteiger partial charge < -0.3 is 22.2 Å². The van der Waals surface area contributed by atoms with E-state index in [9.17, 15) is 0 Å². The number of nitrogens with zero attached hydrogens (tertiary/aromatic N) is 1. The second kappa shape index (κ2) is 5.55. The van der Waals surface area contributed by atoms with Gasteiger partial charge in [-0.25, -0.2) is 0 Å². The lowest BCUT2D eigenvalue weighted by atomic mass is 10.1. The lowest BCUT2D eigenvalue weighted by molar-refractivity contribution is 0.935. The number of fused-ring (bicyclic) bond motifs is 1. The Labute approximate surface area is 106 Å². The molecule has 0 saturated heterocycles. The number of aliphatic imine (C=N–C) groups is 1. The van der Waals surface area contributed by atoms with Gasteiger partial charge in [0.25, 0.3) is 0 Å². The Morgan fingerprint density at radius 3 is 2.72 bits per heavy atom. The molecule has 0 saturated carbocycles. The van der Waals surface area contributed by atoms with Crippen LogP contribution in [0.3, 0.4) is 0 Å². The number of nitrogens with two attached hydrogens (primary N) is 3. The first-order valence-electron chi connectivity index (χ1n) is 6.05. The molecule has 0 unspecified atom stereocenters. The summed E-state index contributed by atoms with van der Waals surface area (Å²) in [6, 6.07) is 8.50. The van der Waals surface area contributed by atoms with Gasteiger partial charge in [0.2, 0.25) is 0 Å². The third-order valence-electron chi connectivity index (χ3n) is 2.85. The highest BCUT2D eigenvalue weighted by Gasteiger charge is 2.01. The Hall–Kier alpha value is -2.01. The summed E-state index contributed by atoms with van der Waals surface area (Å²) in [5.41, 5.74) is 19.7. The molecule has 5 nitrogen and oxygen atoms in total. The van der Waals surface area contributed by atoms with E-state index in [2.05, 4.69) is 34.2 Å². The summed E-state index contributed by atoms with van der Waals surface area (Å²) in [4.78, 5) is 7.33. The Morgan fingerprint density at radius 2 is 2.00 bits per heavy atom. The van der Waals surface area contributed by atoms with Gasteiger partial charge in [-0.3, -0.25) is 4.99 Å². The van der Waals surface area contributed by atoms with Crippen molar-refractivity contribution >= 4 is 16.9 Å². The van der Waals surface area contributed by atoms with E-state index >= 15 is 0 Å². The normalized spacial score (nSPS) is 10.7. The molecule has 0 fully saturated rings. The predicted octanol–water partition coefficient (Wildman–Crippen LogP) is 0.485. The van der Waals surface area contributed by atoms with Crippen molar-refractivity contribution in [2.45, 2.75) is 12.8 Å². The maximum absolute atomic E-state index is 5.56. The lowest BCUT2D eigenvalue weighted by Gasteiger charge is -1.97. The zero-order valence-corrected chi connectivity index (χ0v) is 10.3. The monoisotopic (exact) mass is 245 g/mol. The smallest absolute Gasteiger partial charge is 0.185 e. The van der Waals surface area contributed by atoms with Gasteiger partial charge in [0.05, 0.1) is 0 Å². The standard InChI is InChI=1S/C13H19N5/c14-5-3-9-1-2-12-10(7-9)8-11(18-12)4-6-17-13(15)16/h1-2,7-8,18H,3-6,14H2,(H4,15,16,17). The van der Waals surface area contributed by atoms with Crippen molar-refractivity contribution in [3.05, 3.63) is 35.5 Å². The molecule has 2 rings (SSSR count). The average molecular weight is 245 g/mol. The fraction of sp³-hybridized carbons (Fsp3) is 0.308. The number of aromatic amines is 1. The number of nitrogens with one attached hydrogen (secondary N) is 1. The number of benzene rings is 1. The molecule has 1 heterocycles. The maximum Gasteiger partial charge on any atom is 0.185 e. The number of aromatic nitrogens is 1. The van der Waals surface area contributed by atoms with Crippen LogP contribution < -0.4 is 17.2 Å². The van der Waals surface area contributed by atoms with Gasteiger partial charge in [-0.1, -0.05) is 6.07 Å². The van der Waals surface area contributed by atoms with Crippen LogP contribution in [0.15, 0.2) is 29.3 Å². The lowest BCUT2D eigenvalue weighted by Crippen LogP contribution is -2.23. The van der Waals surface area contributed by atoms with Gasteiger partial charge in [0.1, 0.15) is 0 Å². The van der Waals surface area contributed by atoms with Crippen LogP contribution >= 0.6 is 0 Å². The molecule has 0 aliphatic carbocycles. The molecule has 2 aromatic rings. The summed E-state index contributed by atoms with van der Waals surface area (Å²) >= 11 is 0. The van der Waals surface area contributed by atoms with Crippen molar-refractivity contribution in [3.8, 4) is 0 Å². The first kappa shape index (κ1) is 12.4. The Morgan fingerprint density at radius 1 is 1.17 bits per heavy atom. The van der Waals surface area contributed by atoms with Crippen molar-refractivity contribution < 1.29 is 0 Å². The van der Waals surface area contributed by atoms with E-state index in [-0.39, 0.29) is 5.96 Å². The fourth-order valence-corrected chi connectivity index (χ4v) is 2.00. The third kappa shape index (κ3) is 3.01. The minimum atomic E-state index is 0.136. The second-order valence-electron chi connectivity index (χ2n) is 4.31. The van der Waals surface area contributed by atoms with Gasteiger partial charge in [-0.2, -0.15) is 0 Å². The first-order valence-corrected chi connectivity index (χ1v) is 6.05. The minimum Gasteiger partial charge on any atom is -0.370 e. The molecule has 18 heavy (non-hydrogen) atoms. The Kier molecular flexibility index (Phi) is 3.84. The van der Waals surface area contributed by atoms with Gasteiger partial charge in [0.15, 0.2) is 5.96 Å². The van der Waals surface area contributed by atoms with Crippen LogP contribution in [0, 0.1) is 0 Å². The summed E-state index contributed by atoms with van der Waals surface area (Å²) in [6.45, 7) is 1.28. The van der Waals surface area contributed by atoms with Gasteiger partial charge >= 0.3 is 0 Å². The van der Waals surface area contributed by atoms with E-state index in [1.165, 1.54) is 10.9 Å². The molecule has 96 valence electrons. The minimum absolute atomic E-state index is 0.136. The molecule has 0 aliphatic heterocycles. The first-order chi connectivity index (χ1) is 8.69. The van der Waals surface area contributed by atoms with Crippen LogP contribution in [0.4, 0.5) is 0 Å². The quantitative estimate of drug-likeness (QED) is 0.455. The van der Waals surface area contributed by atoms with E-state index in [0.29, 0.717) is 13.1 Å². The molecule has 0 radical (unpaired) electrons. The molecule has 0 aliphatic rings. The summed E-state index contributed by atoms with van der Waals surface area (Å²) in [6.07, 6.45) is 1.71. The third-order valence-corrected chi connectivity index (χ3v) is 2.85. The van der Waals surface area contributed by atoms with Crippen molar-refractivity contribution in [1.82, 2.24) is 4.98 Å². The topological polar surface area (TPSA) is 106 Å². The van der Waals surface area contributed by atoms with Crippen molar-refractivity contribution in [1.29, 1.82) is 0 Å². The molecule has 7 N–H and O–H groups in total. The summed E-state index contributed by atoms with van der Waals surface area (Å²) in [5, 5.41) is 1.21. The van der Waals surface area contributed by atoms with Crippen molar-refractivity contribution in [2.75, 3.05) is 13.1 Å². The number of hydrogen-bond donors (Lipinski definition) is 4. The highest BCUT2D eigenvalue weighted by Crippen LogP contribution is 2.17. The molecular weight excluding hydrogens is 226 g/mol. The highest BCUT2D eigenvalue weighted by atomic mass is 15.0. The number of H-pyrrole nitrogens is 1. The van der Waals surface area contributed by atoms with Crippen LogP contribution in [0.25, 0.3) is 10.9 Å². The van der Waals surface area contributed by atoms with E-state index in [1.807, 2.05) is 0 Å². The van der Waals surface area contributed by atoms with Crippen LogP contribution in [-0.2, 0) is 12.8 Å². The van der Waals surface area contributed by atoms with Crippen LogP contribution in [0.5, 0.6) is 0 Å². The largest absolute Gasteiger partial charge is 0.370 e. The molecule has 0 bridgehead atoms. The van der Waals surface area contributed by atoms with Crippen LogP contribution in [0.2, 0.25) is 0 Å².